The molecule has 0 radical (unpaired) electrons. The zero-order valence-corrected chi connectivity index (χ0v) is 15.7. The number of benzene rings is 2. The smallest absolute Gasteiger partial charge is 0.344 e. The summed E-state index contributed by atoms with van der Waals surface area (Å²) >= 11 is 0. The first kappa shape index (κ1) is 20.5. The lowest BCUT2D eigenvalue weighted by atomic mass is 10.2. The van der Waals surface area contributed by atoms with Crippen LogP contribution in [0.3, 0.4) is 0 Å². The first-order valence-corrected chi connectivity index (χ1v) is 8.82. The second-order valence-electron chi connectivity index (χ2n) is 5.95. The topological polar surface area (TPSA) is 136 Å². The molecular formula is C20H17N3O7. The fraction of sp³-hybridized carbons (Fsp3) is 0.200. The molecule has 10 heteroatoms. The number of nitriles is 1. The van der Waals surface area contributed by atoms with E-state index in [0.717, 1.165) is 0 Å². The van der Waals surface area contributed by atoms with Crippen LogP contribution in [0.4, 0.5) is 10.5 Å². The number of carbonyl (C=O) groups is 3. The molecule has 10 nitrogen and oxygen atoms in total. The van der Waals surface area contributed by atoms with Crippen LogP contribution in [-0.2, 0) is 14.3 Å². The highest BCUT2D eigenvalue weighted by Gasteiger charge is 2.15. The number of anilines is 1. The molecule has 1 heterocycles. The van der Waals surface area contributed by atoms with Gasteiger partial charge >= 0.3 is 12.0 Å². The van der Waals surface area contributed by atoms with E-state index in [2.05, 4.69) is 5.32 Å². The molecule has 1 aliphatic rings. The quantitative estimate of drug-likeness (QED) is 0.684. The minimum atomic E-state index is -0.809. The first-order chi connectivity index (χ1) is 14.5. The van der Waals surface area contributed by atoms with E-state index in [0.29, 0.717) is 41.7 Å². The maximum absolute atomic E-state index is 11.9. The Labute approximate surface area is 171 Å². The number of imide groups is 1. The average Bonchev–Trinajstić information content (AvgIpc) is 2.76. The van der Waals surface area contributed by atoms with Gasteiger partial charge < -0.3 is 24.3 Å². The van der Waals surface area contributed by atoms with Gasteiger partial charge in [0.2, 0.25) is 0 Å². The van der Waals surface area contributed by atoms with Crippen LogP contribution in [0.25, 0.3) is 0 Å². The zero-order valence-electron chi connectivity index (χ0n) is 15.7. The van der Waals surface area contributed by atoms with Gasteiger partial charge in [0.25, 0.3) is 5.91 Å². The van der Waals surface area contributed by atoms with Gasteiger partial charge in [0.15, 0.2) is 24.7 Å². The number of rotatable bonds is 6. The van der Waals surface area contributed by atoms with Gasteiger partial charge in [0, 0.05) is 11.8 Å². The number of ether oxygens (including phenoxy) is 4. The summed E-state index contributed by atoms with van der Waals surface area (Å²) in [5.74, 6) is -0.173. The predicted molar refractivity (Wildman–Crippen MR) is 102 cm³/mol. The lowest BCUT2D eigenvalue weighted by Gasteiger charge is -2.19. The largest absolute Gasteiger partial charge is 0.486 e. The number of urea groups is 1. The Hall–Kier alpha value is -4.26. The molecule has 2 aromatic rings. The van der Waals surface area contributed by atoms with Gasteiger partial charge in [0.1, 0.15) is 19.0 Å². The van der Waals surface area contributed by atoms with Crippen molar-refractivity contribution in [2.75, 3.05) is 31.7 Å². The Morgan fingerprint density at radius 3 is 2.47 bits per heavy atom. The third-order valence-corrected chi connectivity index (χ3v) is 3.76. The SMILES string of the molecule is N#Cc1ccc(OCC(=O)OCC(=O)NC(=O)Nc2ccc3c(c2)OCCO3)cc1. The standard InChI is InChI=1S/C20H17N3O7/c21-10-13-1-4-15(5-2-13)29-12-19(25)30-11-18(24)23-20(26)22-14-3-6-16-17(9-14)28-8-7-27-16/h1-6,9H,7-8,11-12H2,(H2,22,23,24,26). The third-order valence-electron chi connectivity index (χ3n) is 3.76. The number of hydrogen-bond donors (Lipinski definition) is 2. The molecule has 0 bridgehead atoms. The molecule has 0 aliphatic carbocycles. The zero-order chi connectivity index (χ0) is 21.3. The van der Waals surface area contributed by atoms with Crippen LogP contribution in [-0.4, -0.2) is 44.3 Å². The normalized spacial score (nSPS) is 11.6. The molecule has 2 aromatic carbocycles. The summed E-state index contributed by atoms with van der Waals surface area (Å²) in [5, 5.41) is 13.2. The molecule has 3 amide bonds. The van der Waals surface area contributed by atoms with Crippen LogP contribution in [0, 0.1) is 11.3 Å². The van der Waals surface area contributed by atoms with Crippen LogP contribution in [0.1, 0.15) is 5.56 Å². The van der Waals surface area contributed by atoms with Gasteiger partial charge in [-0.3, -0.25) is 10.1 Å². The lowest BCUT2D eigenvalue weighted by Crippen LogP contribution is -2.37. The van der Waals surface area contributed by atoms with Crippen molar-refractivity contribution in [3.8, 4) is 23.3 Å². The van der Waals surface area contributed by atoms with E-state index < -0.39 is 31.1 Å². The summed E-state index contributed by atoms with van der Waals surface area (Å²) in [5.41, 5.74) is 0.855. The van der Waals surface area contributed by atoms with Crippen LogP contribution in [0.2, 0.25) is 0 Å². The fourth-order valence-electron chi connectivity index (χ4n) is 2.40. The van der Waals surface area contributed by atoms with Gasteiger partial charge in [0.05, 0.1) is 11.6 Å². The summed E-state index contributed by atoms with van der Waals surface area (Å²) in [6.45, 7) is -0.222. The highest BCUT2D eigenvalue weighted by atomic mass is 16.6. The van der Waals surface area contributed by atoms with Crippen molar-refractivity contribution in [2.45, 2.75) is 0 Å². The molecule has 2 N–H and O–H groups in total. The van der Waals surface area contributed by atoms with E-state index in [-0.39, 0.29) is 0 Å². The third kappa shape index (κ3) is 5.87. The monoisotopic (exact) mass is 411 g/mol. The minimum Gasteiger partial charge on any atom is -0.486 e. The number of carbonyl (C=O) groups excluding carboxylic acids is 3. The Kier molecular flexibility index (Phi) is 6.68. The number of amides is 3. The van der Waals surface area contributed by atoms with E-state index >= 15 is 0 Å². The molecule has 3 rings (SSSR count). The van der Waals surface area contributed by atoms with Crippen molar-refractivity contribution in [2.24, 2.45) is 0 Å². The van der Waals surface area contributed by atoms with Gasteiger partial charge in [-0.2, -0.15) is 5.26 Å². The number of nitrogens with zero attached hydrogens (tertiary/aromatic N) is 1. The van der Waals surface area contributed by atoms with Gasteiger partial charge in [-0.25, -0.2) is 9.59 Å². The van der Waals surface area contributed by atoms with Crippen molar-refractivity contribution < 1.29 is 33.3 Å². The Morgan fingerprint density at radius 2 is 1.73 bits per heavy atom. The number of esters is 1. The molecular weight excluding hydrogens is 394 g/mol. The maximum Gasteiger partial charge on any atom is 0.344 e. The molecule has 0 atom stereocenters. The van der Waals surface area contributed by atoms with Crippen molar-refractivity contribution >= 4 is 23.6 Å². The van der Waals surface area contributed by atoms with Crippen molar-refractivity contribution in [1.29, 1.82) is 5.26 Å². The Bertz CT molecular complexity index is 983. The van der Waals surface area contributed by atoms with Crippen molar-refractivity contribution in [3.63, 3.8) is 0 Å². The van der Waals surface area contributed by atoms with Gasteiger partial charge in [-0.1, -0.05) is 0 Å². The van der Waals surface area contributed by atoms with Gasteiger partial charge in [-0.05, 0) is 36.4 Å². The number of hydrogen-bond acceptors (Lipinski definition) is 8. The highest BCUT2D eigenvalue weighted by molar-refractivity contribution is 6.02. The van der Waals surface area contributed by atoms with Gasteiger partial charge in [-0.15, -0.1) is 0 Å². The molecule has 0 unspecified atom stereocenters. The van der Waals surface area contributed by atoms with E-state index in [4.69, 9.17) is 24.2 Å². The predicted octanol–water partition coefficient (Wildman–Crippen LogP) is 1.60. The summed E-state index contributed by atoms with van der Waals surface area (Å²) in [7, 11) is 0. The van der Waals surface area contributed by atoms with E-state index in [9.17, 15) is 14.4 Å². The average molecular weight is 411 g/mol. The highest BCUT2D eigenvalue weighted by Crippen LogP contribution is 2.32. The second kappa shape index (κ2) is 9.79. The minimum absolute atomic E-state index is 0.370. The van der Waals surface area contributed by atoms with Crippen LogP contribution < -0.4 is 24.8 Å². The molecule has 1 aliphatic heterocycles. The van der Waals surface area contributed by atoms with Crippen molar-refractivity contribution in [1.82, 2.24) is 5.32 Å². The summed E-state index contributed by atoms with van der Waals surface area (Å²) < 4.78 is 20.7. The van der Waals surface area contributed by atoms with Crippen LogP contribution in [0.15, 0.2) is 42.5 Å². The first-order valence-electron chi connectivity index (χ1n) is 8.82. The molecule has 0 aromatic heterocycles. The van der Waals surface area contributed by atoms with E-state index in [1.54, 1.807) is 18.2 Å². The molecule has 154 valence electrons. The lowest BCUT2D eigenvalue weighted by molar-refractivity contribution is -0.150. The molecule has 0 saturated heterocycles. The number of fused-ring (bicyclic) bond motifs is 1. The summed E-state index contributed by atoms with van der Waals surface area (Å²) in [6, 6.07) is 12.1. The van der Waals surface area contributed by atoms with Crippen molar-refractivity contribution in [3.05, 3.63) is 48.0 Å². The molecule has 0 saturated carbocycles. The molecule has 30 heavy (non-hydrogen) atoms. The summed E-state index contributed by atoms with van der Waals surface area (Å²) in [6.07, 6.45) is 0. The fourth-order valence-corrected chi connectivity index (χ4v) is 2.40. The number of nitrogens with one attached hydrogen (secondary N) is 2. The Balaban J connectivity index is 1.37. The second-order valence-corrected chi connectivity index (χ2v) is 5.95. The summed E-state index contributed by atoms with van der Waals surface area (Å²) in [4.78, 5) is 35.3. The molecule has 0 fully saturated rings. The van der Waals surface area contributed by atoms with Crippen LogP contribution >= 0.6 is 0 Å². The van der Waals surface area contributed by atoms with E-state index in [1.807, 2.05) is 11.4 Å². The maximum atomic E-state index is 11.9. The molecule has 0 spiro atoms. The Morgan fingerprint density at radius 1 is 1.00 bits per heavy atom. The van der Waals surface area contributed by atoms with Crippen LogP contribution in [0.5, 0.6) is 17.2 Å². The van der Waals surface area contributed by atoms with E-state index in [1.165, 1.54) is 24.3 Å².